The van der Waals surface area contributed by atoms with Crippen LogP contribution >= 0.6 is 15.9 Å². The van der Waals surface area contributed by atoms with Crippen LogP contribution in [0, 0.1) is 0 Å². The molecule has 0 atom stereocenters. The molecule has 3 rings (SSSR count). The number of aromatic nitrogens is 3. The molecule has 90 valence electrons. The largest absolute Gasteiger partial charge is 0.325 e. The van der Waals surface area contributed by atoms with Gasteiger partial charge in [-0.05, 0) is 40.9 Å². The minimum absolute atomic E-state index is 0.0781. The second-order valence-electron chi connectivity index (χ2n) is 4.94. The molecule has 0 saturated heterocycles. The zero-order valence-electron chi connectivity index (χ0n) is 9.56. The Morgan fingerprint density at radius 2 is 2.06 bits per heavy atom. The van der Waals surface area contributed by atoms with Crippen molar-refractivity contribution in [3.05, 3.63) is 28.6 Å². The van der Waals surface area contributed by atoms with Crippen LogP contribution in [0.5, 0.6) is 0 Å². The fourth-order valence-corrected chi connectivity index (χ4v) is 2.94. The molecule has 5 heteroatoms. The highest BCUT2D eigenvalue weighted by atomic mass is 79.9. The van der Waals surface area contributed by atoms with Crippen molar-refractivity contribution >= 4 is 21.6 Å². The smallest absolute Gasteiger partial charge is 0.160 e. The van der Waals surface area contributed by atoms with E-state index in [-0.39, 0.29) is 5.54 Å². The molecule has 2 aromatic rings. The number of halogens is 1. The normalized spacial score (nSPS) is 18.9. The Bertz CT molecular complexity index is 542. The summed E-state index contributed by atoms with van der Waals surface area (Å²) in [4.78, 5) is 0. The van der Waals surface area contributed by atoms with Gasteiger partial charge in [0.1, 0.15) is 5.82 Å². The first kappa shape index (κ1) is 11.2. The summed E-state index contributed by atoms with van der Waals surface area (Å²) in [5.74, 6) is 0.964. The molecular formula is C12H15BrN4. The molecule has 0 bridgehead atoms. The lowest BCUT2D eigenvalue weighted by molar-refractivity contribution is 0.425. The first-order chi connectivity index (χ1) is 8.16. The van der Waals surface area contributed by atoms with Crippen molar-refractivity contribution in [2.45, 2.75) is 37.6 Å². The van der Waals surface area contributed by atoms with Crippen molar-refractivity contribution in [2.24, 2.45) is 5.73 Å². The van der Waals surface area contributed by atoms with E-state index in [1.165, 1.54) is 12.8 Å². The first-order valence-corrected chi connectivity index (χ1v) is 6.74. The average Bonchev–Trinajstić information content (AvgIpc) is 2.87. The molecule has 0 radical (unpaired) electrons. The van der Waals surface area contributed by atoms with Crippen LogP contribution in [0.25, 0.3) is 5.65 Å². The monoisotopic (exact) mass is 294 g/mol. The van der Waals surface area contributed by atoms with Crippen molar-refractivity contribution in [3.8, 4) is 0 Å². The average molecular weight is 295 g/mol. The van der Waals surface area contributed by atoms with E-state index in [1.54, 1.807) is 0 Å². The minimum atomic E-state index is -0.0781. The third-order valence-corrected chi connectivity index (χ3v) is 4.02. The molecule has 17 heavy (non-hydrogen) atoms. The van der Waals surface area contributed by atoms with Crippen molar-refractivity contribution in [3.63, 3.8) is 0 Å². The van der Waals surface area contributed by atoms with Crippen molar-refractivity contribution in [1.29, 1.82) is 0 Å². The zero-order valence-corrected chi connectivity index (χ0v) is 11.2. The summed E-state index contributed by atoms with van der Waals surface area (Å²) in [6, 6.07) is 3.93. The molecule has 0 amide bonds. The summed E-state index contributed by atoms with van der Waals surface area (Å²) in [5.41, 5.74) is 7.19. The van der Waals surface area contributed by atoms with Crippen molar-refractivity contribution in [2.75, 3.05) is 0 Å². The maximum absolute atomic E-state index is 6.39. The number of hydrogen-bond donors (Lipinski definition) is 1. The fourth-order valence-electron chi connectivity index (χ4n) is 2.60. The van der Waals surface area contributed by atoms with Gasteiger partial charge in [-0.2, -0.15) is 0 Å². The quantitative estimate of drug-likeness (QED) is 0.925. The van der Waals surface area contributed by atoms with E-state index in [2.05, 4.69) is 26.1 Å². The molecule has 0 aliphatic heterocycles. The second kappa shape index (κ2) is 4.07. The fraction of sp³-hybridized carbons (Fsp3) is 0.500. The summed E-state index contributed by atoms with van der Waals surface area (Å²) in [6.07, 6.45) is 7.47. The molecule has 1 saturated carbocycles. The number of fused-ring (bicyclic) bond motifs is 1. The zero-order chi connectivity index (χ0) is 11.9. The Balaban J connectivity index is 1.97. The second-order valence-corrected chi connectivity index (χ2v) is 5.85. The summed E-state index contributed by atoms with van der Waals surface area (Å²) in [7, 11) is 0. The molecular weight excluding hydrogens is 280 g/mol. The van der Waals surface area contributed by atoms with E-state index in [0.717, 1.165) is 35.2 Å². The van der Waals surface area contributed by atoms with Gasteiger partial charge in [-0.15, -0.1) is 10.2 Å². The van der Waals surface area contributed by atoms with Gasteiger partial charge >= 0.3 is 0 Å². The van der Waals surface area contributed by atoms with E-state index in [1.807, 2.05) is 22.7 Å². The van der Waals surface area contributed by atoms with Crippen molar-refractivity contribution < 1.29 is 0 Å². The van der Waals surface area contributed by atoms with Gasteiger partial charge in [-0.1, -0.05) is 12.8 Å². The van der Waals surface area contributed by atoms with E-state index in [9.17, 15) is 0 Å². The van der Waals surface area contributed by atoms with Gasteiger partial charge in [0, 0.05) is 22.6 Å². The van der Waals surface area contributed by atoms with E-state index in [0.29, 0.717) is 0 Å². The SMILES string of the molecule is NC1(Cc2nnc3ccc(Br)cn23)CCCC1. The molecule has 0 aromatic carbocycles. The molecule has 2 N–H and O–H groups in total. The molecule has 4 nitrogen and oxygen atoms in total. The molecule has 1 fully saturated rings. The Hall–Kier alpha value is -0.940. The summed E-state index contributed by atoms with van der Waals surface area (Å²) >= 11 is 3.47. The number of nitrogens with zero attached hydrogens (tertiary/aromatic N) is 3. The summed E-state index contributed by atoms with van der Waals surface area (Å²) < 4.78 is 3.06. The molecule has 2 aromatic heterocycles. The minimum Gasteiger partial charge on any atom is -0.325 e. The van der Waals surface area contributed by atoms with Crippen LogP contribution < -0.4 is 5.73 Å². The number of hydrogen-bond acceptors (Lipinski definition) is 3. The highest BCUT2D eigenvalue weighted by Gasteiger charge is 2.31. The Labute approximate surface area is 108 Å². The van der Waals surface area contributed by atoms with Gasteiger partial charge in [-0.3, -0.25) is 4.40 Å². The highest BCUT2D eigenvalue weighted by Crippen LogP contribution is 2.30. The number of rotatable bonds is 2. The molecule has 0 unspecified atom stereocenters. The van der Waals surface area contributed by atoms with Crippen LogP contribution in [0.2, 0.25) is 0 Å². The standard InChI is InChI=1S/C12H15BrN4/c13-9-3-4-10-15-16-11(17(10)8-9)7-12(14)5-1-2-6-12/h3-4,8H,1-2,5-7,14H2. The lowest BCUT2D eigenvalue weighted by atomic mass is 9.94. The van der Waals surface area contributed by atoms with Gasteiger partial charge in [0.05, 0.1) is 0 Å². The molecule has 1 aliphatic rings. The van der Waals surface area contributed by atoms with Gasteiger partial charge < -0.3 is 5.73 Å². The van der Waals surface area contributed by atoms with Crippen LogP contribution in [-0.4, -0.2) is 20.1 Å². The van der Waals surface area contributed by atoms with Crippen LogP contribution in [-0.2, 0) is 6.42 Å². The lowest BCUT2D eigenvalue weighted by Crippen LogP contribution is -2.39. The van der Waals surface area contributed by atoms with Crippen LogP contribution in [0.4, 0.5) is 0 Å². The number of pyridine rings is 1. The van der Waals surface area contributed by atoms with E-state index >= 15 is 0 Å². The third-order valence-electron chi connectivity index (χ3n) is 3.55. The van der Waals surface area contributed by atoms with Gasteiger partial charge in [0.2, 0.25) is 0 Å². The van der Waals surface area contributed by atoms with Crippen molar-refractivity contribution in [1.82, 2.24) is 14.6 Å². The third kappa shape index (κ3) is 2.09. The van der Waals surface area contributed by atoms with Crippen LogP contribution in [0.1, 0.15) is 31.5 Å². The lowest BCUT2D eigenvalue weighted by Gasteiger charge is -2.22. The van der Waals surface area contributed by atoms with Crippen LogP contribution in [0.15, 0.2) is 22.8 Å². The summed E-state index contributed by atoms with van der Waals surface area (Å²) in [6.45, 7) is 0. The Morgan fingerprint density at radius 1 is 1.29 bits per heavy atom. The molecule has 1 aliphatic carbocycles. The maximum atomic E-state index is 6.39. The highest BCUT2D eigenvalue weighted by molar-refractivity contribution is 9.10. The van der Waals surface area contributed by atoms with Gasteiger partial charge in [0.15, 0.2) is 5.65 Å². The van der Waals surface area contributed by atoms with Gasteiger partial charge in [-0.25, -0.2) is 0 Å². The predicted octanol–water partition coefficient (Wildman–Crippen LogP) is 2.31. The maximum Gasteiger partial charge on any atom is 0.160 e. The van der Waals surface area contributed by atoms with E-state index in [4.69, 9.17) is 5.73 Å². The molecule has 2 heterocycles. The van der Waals surface area contributed by atoms with Gasteiger partial charge in [0.25, 0.3) is 0 Å². The topological polar surface area (TPSA) is 56.2 Å². The molecule has 0 spiro atoms. The summed E-state index contributed by atoms with van der Waals surface area (Å²) in [5, 5.41) is 8.43. The Morgan fingerprint density at radius 3 is 2.82 bits per heavy atom. The Kier molecular flexibility index (Phi) is 2.67. The predicted molar refractivity (Wildman–Crippen MR) is 69.8 cm³/mol. The first-order valence-electron chi connectivity index (χ1n) is 5.94. The number of nitrogens with two attached hydrogens (primary N) is 1. The van der Waals surface area contributed by atoms with Crippen LogP contribution in [0.3, 0.4) is 0 Å². The van der Waals surface area contributed by atoms with E-state index < -0.39 is 0 Å².